The Morgan fingerprint density at radius 2 is 2.25 bits per heavy atom. The molecule has 2 unspecified atom stereocenters. The van der Waals surface area contributed by atoms with Gasteiger partial charge >= 0.3 is 0 Å². The molecule has 2 heteroatoms. The average Bonchev–Trinajstić information content (AvgIpc) is 2.79. The average molecular weight is 169 g/mol. The molecule has 2 atom stereocenters. The fourth-order valence-corrected chi connectivity index (χ4v) is 2.21. The molecule has 2 nitrogen and oxygen atoms in total. The molecule has 0 aliphatic carbocycles. The van der Waals surface area contributed by atoms with Crippen molar-refractivity contribution in [2.24, 2.45) is 0 Å². The lowest BCUT2D eigenvalue weighted by molar-refractivity contribution is 0.197. The summed E-state index contributed by atoms with van der Waals surface area (Å²) >= 11 is 0. The maximum absolute atomic E-state index is 5.65. The van der Waals surface area contributed by atoms with Gasteiger partial charge in [0.05, 0.1) is 0 Å². The largest absolute Gasteiger partial charge is 0.272 e. The first-order chi connectivity index (χ1) is 5.87. The first-order valence-corrected chi connectivity index (χ1v) is 5.34. The van der Waals surface area contributed by atoms with Gasteiger partial charge in [-0.25, -0.2) is 0 Å². The van der Waals surface area contributed by atoms with Crippen LogP contribution >= 0.6 is 0 Å². The zero-order chi connectivity index (χ0) is 8.44. The molecule has 2 heterocycles. The van der Waals surface area contributed by atoms with Crippen molar-refractivity contribution in [1.29, 1.82) is 0 Å². The fourth-order valence-electron chi connectivity index (χ4n) is 2.21. The molecule has 2 fully saturated rings. The van der Waals surface area contributed by atoms with E-state index in [2.05, 4.69) is 12.0 Å². The van der Waals surface area contributed by atoms with Gasteiger partial charge in [0.15, 0.2) is 5.72 Å². The molecule has 0 aromatic heterocycles. The highest BCUT2D eigenvalue weighted by molar-refractivity contribution is 4.90. The first-order valence-electron chi connectivity index (χ1n) is 5.34. The van der Waals surface area contributed by atoms with Crippen molar-refractivity contribution in [2.45, 2.75) is 57.6 Å². The molecule has 2 aliphatic heterocycles. The Morgan fingerprint density at radius 1 is 1.33 bits per heavy atom. The van der Waals surface area contributed by atoms with Crippen LogP contribution < -0.4 is 0 Å². The number of nitrogens with zero attached hydrogens (tertiary/aromatic N) is 1. The van der Waals surface area contributed by atoms with Crippen molar-refractivity contribution in [1.82, 2.24) is 5.06 Å². The van der Waals surface area contributed by atoms with Gasteiger partial charge in [-0.05, 0) is 32.1 Å². The number of unbranched alkanes of at least 4 members (excludes halogenated alkanes) is 2. The van der Waals surface area contributed by atoms with E-state index in [-0.39, 0.29) is 5.72 Å². The lowest BCUT2D eigenvalue weighted by Crippen LogP contribution is -2.23. The van der Waals surface area contributed by atoms with Crippen LogP contribution in [-0.4, -0.2) is 17.3 Å². The highest BCUT2D eigenvalue weighted by Gasteiger charge is 2.54. The molecule has 12 heavy (non-hydrogen) atoms. The molecule has 0 aromatic rings. The number of fused-ring (bicyclic) bond motifs is 1. The van der Waals surface area contributed by atoms with E-state index < -0.39 is 0 Å². The molecule has 70 valence electrons. The van der Waals surface area contributed by atoms with Gasteiger partial charge in [-0.15, -0.1) is 0 Å². The van der Waals surface area contributed by atoms with Crippen LogP contribution in [0.25, 0.3) is 0 Å². The molecular weight excluding hydrogens is 150 g/mol. The molecule has 2 saturated heterocycles. The summed E-state index contributed by atoms with van der Waals surface area (Å²) in [4.78, 5) is 5.65. The van der Waals surface area contributed by atoms with Gasteiger partial charge in [0.2, 0.25) is 0 Å². The maximum atomic E-state index is 5.65. The molecule has 0 bridgehead atoms. The van der Waals surface area contributed by atoms with Gasteiger partial charge in [0, 0.05) is 6.54 Å². The third-order valence-corrected chi connectivity index (χ3v) is 3.05. The van der Waals surface area contributed by atoms with E-state index >= 15 is 0 Å². The predicted molar refractivity (Wildman–Crippen MR) is 48.5 cm³/mol. The smallest absolute Gasteiger partial charge is 0.164 e. The highest BCUT2D eigenvalue weighted by atomic mass is 16.9. The number of rotatable bonds is 4. The molecule has 2 aliphatic rings. The zero-order valence-electron chi connectivity index (χ0n) is 8.01. The van der Waals surface area contributed by atoms with Gasteiger partial charge in [0.1, 0.15) is 0 Å². The van der Waals surface area contributed by atoms with Crippen molar-refractivity contribution in [3.63, 3.8) is 0 Å². The maximum Gasteiger partial charge on any atom is 0.164 e. The molecule has 0 amide bonds. The summed E-state index contributed by atoms with van der Waals surface area (Å²) in [7, 11) is 0. The van der Waals surface area contributed by atoms with E-state index in [0.29, 0.717) is 0 Å². The molecule has 0 N–H and O–H groups in total. The normalized spacial score (nSPS) is 39.2. The molecule has 0 saturated carbocycles. The Kier molecular flexibility index (Phi) is 2.37. The summed E-state index contributed by atoms with van der Waals surface area (Å²) < 4.78 is 0. The van der Waals surface area contributed by atoms with Gasteiger partial charge in [0.25, 0.3) is 0 Å². The second kappa shape index (κ2) is 3.35. The minimum atomic E-state index is 0.230. The standard InChI is InChI=1S/C10H19NO/c1-2-3-4-7-10-8-5-6-9-11(10)12-10/h2-9H2,1H3. The molecule has 0 spiro atoms. The van der Waals surface area contributed by atoms with E-state index in [9.17, 15) is 0 Å². The second-order valence-corrected chi connectivity index (χ2v) is 4.05. The minimum Gasteiger partial charge on any atom is -0.272 e. The van der Waals surface area contributed by atoms with Crippen LogP contribution in [0.15, 0.2) is 0 Å². The van der Waals surface area contributed by atoms with Crippen LogP contribution in [0.3, 0.4) is 0 Å². The van der Waals surface area contributed by atoms with Gasteiger partial charge in [-0.1, -0.05) is 19.8 Å². The molecule has 2 rings (SSSR count). The molecule has 0 aromatic carbocycles. The van der Waals surface area contributed by atoms with Crippen LogP contribution in [0.2, 0.25) is 0 Å². The topological polar surface area (TPSA) is 15.5 Å². The monoisotopic (exact) mass is 169 g/mol. The zero-order valence-corrected chi connectivity index (χ0v) is 8.01. The van der Waals surface area contributed by atoms with E-state index in [1.54, 1.807) is 0 Å². The fraction of sp³-hybridized carbons (Fsp3) is 1.00. The van der Waals surface area contributed by atoms with Crippen molar-refractivity contribution in [3.05, 3.63) is 0 Å². The first kappa shape index (κ1) is 8.52. The third kappa shape index (κ3) is 1.50. The Morgan fingerprint density at radius 3 is 3.00 bits per heavy atom. The third-order valence-electron chi connectivity index (χ3n) is 3.05. The number of hydroxylamine groups is 2. The molecular formula is C10H19NO. The summed E-state index contributed by atoms with van der Waals surface area (Å²) in [6.07, 6.45) is 9.25. The summed E-state index contributed by atoms with van der Waals surface area (Å²) in [5.74, 6) is 0. The van der Waals surface area contributed by atoms with E-state index in [0.717, 1.165) is 0 Å². The Labute approximate surface area is 74.8 Å². The number of hydrogen-bond donors (Lipinski definition) is 0. The second-order valence-electron chi connectivity index (χ2n) is 4.05. The summed E-state index contributed by atoms with van der Waals surface area (Å²) in [6, 6.07) is 0. The summed E-state index contributed by atoms with van der Waals surface area (Å²) in [6.45, 7) is 3.43. The lowest BCUT2D eigenvalue weighted by Gasteiger charge is -2.16. The van der Waals surface area contributed by atoms with Gasteiger partial charge in [-0.2, -0.15) is 5.06 Å². The minimum absolute atomic E-state index is 0.230. The van der Waals surface area contributed by atoms with Crippen molar-refractivity contribution in [3.8, 4) is 0 Å². The van der Waals surface area contributed by atoms with Crippen LogP contribution in [0.5, 0.6) is 0 Å². The quantitative estimate of drug-likeness (QED) is 0.475. The van der Waals surface area contributed by atoms with Crippen LogP contribution in [0.4, 0.5) is 0 Å². The Bertz CT molecular complexity index is 160. The van der Waals surface area contributed by atoms with E-state index in [1.807, 2.05) is 0 Å². The van der Waals surface area contributed by atoms with Crippen molar-refractivity contribution >= 4 is 0 Å². The van der Waals surface area contributed by atoms with E-state index in [4.69, 9.17) is 4.84 Å². The van der Waals surface area contributed by atoms with Crippen LogP contribution in [-0.2, 0) is 4.84 Å². The summed E-state index contributed by atoms with van der Waals surface area (Å²) in [5.41, 5.74) is 0.230. The van der Waals surface area contributed by atoms with Gasteiger partial charge < -0.3 is 0 Å². The van der Waals surface area contributed by atoms with Gasteiger partial charge in [-0.3, -0.25) is 4.84 Å². The van der Waals surface area contributed by atoms with Crippen LogP contribution in [0.1, 0.15) is 51.9 Å². The lowest BCUT2D eigenvalue weighted by atomic mass is 9.98. The Hall–Kier alpha value is -0.0800. The van der Waals surface area contributed by atoms with Crippen molar-refractivity contribution in [2.75, 3.05) is 6.54 Å². The Balaban J connectivity index is 1.73. The SMILES string of the molecule is CCCCCC12CCCCN1O2. The highest BCUT2D eigenvalue weighted by Crippen LogP contribution is 2.46. The molecule has 0 radical (unpaired) electrons. The van der Waals surface area contributed by atoms with Crippen LogP contribution in [0, 0.1) is 0 Å². The number of piperidine rings is 1. The summed E-state index contributed by atoms with van der Waals surface area (Å²) in [5, 5.41) is 2.20. The van der Waals surface area contributed by atoms with E-state index in [1.165, 1.54) is 51.5 Å². The number of hydrogen-bond acceptors (Lipinski definition) is 2. The van der Waals surface area contributed by atoms with Crippen molar-refractivity contribution < 1.29 is 4.84 Å². The predicted octanol–water partition coefficient (Wildman–Crippen LogP) is 2.69.